The zero-order valence-electron chi connectivity index (χ0n) is 18.9. The topological polar surface area (TPSA) is 66.9 Å². The molecule has 2 aromatic carbocycles. The number of carbonyl (C=O) groups excluding carboxylic acids is 1. The van der Waals surface area contributed by atoms with Gasteiger partial charge in [-0.05, 0) is 36.2 Å². The molecular formula is C24H30N4O3S. The highest BCUT2D eigenvalue weighted by molar-refractivity contribution is 7.22. The minimum absolute atomic E-state index is 0.106. The molecule has 1 fully saturated rings. The van der Waals surface area contributed by atoms with Crippen LogP contribution in [-0.2, 0) is 6.42 Å². The Morgan fingerprint density at radius 1 is 1.09 bits per heavy atom. The number of fused-ring (bicyclic) bond motifs is 1. The number of thiazole rings is 1. The van der Waals surface area contributed by atoms with Gasteiger partial charge in [-0.2, -0.15) is 0 Å². The Morgan fingerprint density at radius 3 is 2.59 bits per heavy atom. The van der Waals surface area contributed by atoms with Gasteiger partial charge in [0.05, 0.1) is 24.4 Å². The number of piperazine rings is 1. The zero-order chi connectivity index (χ0) is 22.5. The predicted octanol–water partition coefficient (Wildman–Crippen LogP) is 3.43. The summed E-state index contributed by atoms with van der Waals surface area (Å²) in [7, 11) is 3.15. The monoisotopic (exact) mass is 454 g/mol. The summed E-state index contributed by atoms with van der Waals surface area (Å²) < 4.78 is 11.8. The van der Waals surface area contributed by atoms with Crippen LogP contribution in [0.5, 0.6) is 11.5 Å². The largest absolute Gasteiger partial charge is 0.493 e. The van der Waals surface area contributed by atoms with Gasteiger partial charge in [-0.25, -0.2) is 4.98 Å². The lowest BCUT2D eigenvalue weighted by molar-refractivity contribution is 0.0947. The molecule has 0 unspecified atom stereocenters. The van der Waals surface area contributed by atoms with Crippen LogP contribution >= 0.6 is 11.3 Å². The van der Waals surface area contributed by atoms with Crippen molar-refractivity contribution in [1.29, 1.82) is 0 Å². The van der Waals surface area contributed by atoms with Crippen LogP contribution in [0.2, 0.25) is 0 Å². The van der Waals surface area contributed by atoms with Crippen molar-refractivity contribution in [2.24, 2.45) is 0 Å². The number of nitrogens with one attached hydrogen (secondary N) is 1. The van der Waals surface area contributed by atoms with E-state index in [2.05, 4.69) is 40.2 Å². The Bertz CT molecular complexity index is 1080. The van der Waals surface area contributed by atoms with Gasteiger partial charge in [0.2, 0.25) is 0 Å². The van der Waals surface area contributed by atoms with Crippen LogP contribution in [-0.4, -0.2) is 69.3 Å². The van der Waals surface area contributed by atoms with E-state index in [0.717, 1.165) is 49.8 Å². The minimum Gasteiger partial charge on any atom is -0.493 e. The van der Waals surface area contributed by atoms with Gasteiger partial charge in [0, 0.05) is 44.8 Å². The van der Waals surface area contributed by atoms with Gasteiger partial charge in [0.15, 0.2) is 16.6 Å². The Kier molecular flexibility index (Phi) is 7.12. The third-order valence-corrected chi connectivity index (χ3v) is 6.96. The lowest BCUT2D eigenvalue weighted by atomic mass is 10.1. The number of para-hydroxylation sites is 1. The summed E-state index contributed by atoms with van der Waals surface area (Å²) in [6.45, 7) is 7.43. The fourth-order valence-corrected chi connectivity index (χ4v) is 5.05. The number of methoxy groups -OCH3 is 2. The highest BCUT2D eigenvalue weighted by Gasteiger charge is 2.20. The van der Waals surface area contributed by atoms with E-state index in [9.17, 15) is 4.79 Å². The van der Waals surface area contributed by atoms with Crippen molar-refractivity contribution >= 4 is 32.6 Å². The van der Waals surface area contributed by atoms with Crippen LogP contribution in [0, 0.1) is 0 Å². The molecule has 1 aliphatic rings. The fourth-order valence-electron chi connectivity index (χ4n) is 3.98. The molecule has 8 heteroatoms. The van der Waals surface area contributed by atoms with Gasteiger partial charge in [0.25, 0.3) is 5.91 Å². The number of rotatable bonds is 8. The van der Waals surface area contributed by atoms with E-state index in [-0.39, 0.29) is 5.91 Å². The van der Waals surface area contributed by atoms with E-state index >= 15 is 0 Å². The van der Waals surface area contributed by atoms with Gasteiger partial charge in [-0.1, -0.05) is 30.4 Å². The first-order valence-electron chi connectivity index (χ1n) is 11.0. The number of amides is 1. The van der Waals surface area contributed by atoms with E-state index in [1.54, 1.807) is 43.8 Å². The standard InChI is InChI=1S/C24H30N4O3S/c1-4-17-6-5-7-21-22(17)26-24(32-21)28-14-12-27(13-15-28)11-10-25-23(29)18-8-9-19(30-2)20(16-18)31-3/h5-9,16H,4,10-15H2,1-3H3,(H,25,29). The molecule has 0 atom stereocenters. The second-order valence-electron chi connectivity index (χ2n) is 7.77. The van der Waals surface area contributed by atoms with Crippen molar-refractivity contribution in [3.63, 3.8) is 0 Å². The molecule has 0 bridgehead atoms. The van der Waals surface area contributed by atoms with Crippen molar-refractivity contribution in [3.8, 4) is 11.5 Å². The van der Waals surface area contributed by atoms with Crippen molar-refractivity contribution in [1.82, 2.24) is 15.2 Å². The number of hydrogen-bond acceptors (Lipinski definition) is 7. The molecule has 170 valence electrons. The summed E-state index contributed by atoms with van der Waals surface area (Å²) in [5.41, 5.74) is 3.03. The van der Waals surface area contributed by atoms with Crippen molar-refractivity contribution in [2.75, 3.05) is 58.4 Å². The molecule has 1 aromatic heterocycles. The van der Waals surface area contributed by atoms with Gasteiger partial charge in [-0.15, -0.1) is 0 Å². The Hall–Kier alpha value is -2.84. The molecule has 1 saturated heterocycles. The van der Waals surface area contributed by atoms with Gasteiger partial charge in [0.1, 0.15) is 0 Å². The van der Waals surface area contributed by atoms with Crippen LogP contribution in [0.25, 0.3) is 10.2 Å². The average Bonchev–Trinajstić information content (AvgIpc) is 3.28. The summed E-state index contributed by atoms with van der Waals surface area (Å²) in [5, 5.41) is 4.12. The van der Waals surface area contributed by atoms with Crippen LogP contribution in [0.3, 0.4) is 0 Å². The summed E-state index contributed by atoms with van der Waals surface area (Å²) >= 11 is 1.78. The Morgan fingerprint density at radius 2 is 1.88 bits per heavy atom. The van der Waals surface area contributed by atoms with Crippen molar-refractivity contribution in [3.05, 3.63) is 47.5 Å². The number of benzene rings is 2. The van der Waals surface area contributed by atoms with E-state index in [0.29, 0.717) is 23.6 Å². The normalized spacial score (nSPS) is 14.5. The lowest BCUT2D eigenvalue weighted by Gasteiger charge is -2.34. The van der Waals surface area contributed by atoms with E-state index < -0.39 is 0 Å². The molecule has 2 heterocycles. The van der Waals surface area contributed by atoms with Gasteiger partial charge >= 0.3 is 0 Å². The van der Waals surface area contributed by atoms with E-state index in [4.69, 9.17) is 14.5 Å². The van der Waals surface area contributed by atoms with E-state index in [1.165, 1.54) is 10.3 Å². The second-order valence-corrected chi connectivity index (χ2v) is 8.78. The summed E-state index contributed by atoms with van der Waals surface area (Å²) in [4.78, 5) is 22.2. The molecule has 0 saturated carbocycles. The zero-order valence-corrected chi connectivity index (χ0v) is 19.7. The highest BCUT2D eigenvalue weighted by atomic mass is 32.1. The average molecular weight is 455 g/mol. The Balaban J connectivity index is 1.26. The molecule has 0 spiro atoms. The molecule has 0 radical (unpaired) electrons. The minimum atomic E-state index is -0.106. The molecule has 32 heavy (non-hydrogen) atoms. The molecule has 3 aromatic rings. The molecule has 0 aliphatic carbocycles. The molecule has 1 aliphatic heterocycles. The van der Waals surface area contributed by atoms with Crippen LogP contribution in [0.15, 0.2) is 36.4 Å². The molecule has 7 nitrogen and oxygen atoms in total. The quantitative estimate of drug-likeness (QED) is 0.563. The van der Waals surface area contributed by atoms with Crippen LogP contribution in [0.4, 0.5) is 5.13 Å². The maximum atomic E-state index is 12.5. The predicted molar refractivity (Wildman–Crippen MR) is 130 cm³/mol. The maximum absolute atomic E-state index is 12.5. The van der Waals surface area contributed by atoms with Crippen LogP contribution < -0.4 is 19.7 Å². The summed E-state index contributed by atoms with van der Waals surface area (Å²) in [5.74, 6) is 1.06. The molecule has 1 amide bonds. The van der Waals surface area contributed by atoms with Crippen molar-refractivity contribution < 1.29 is 14.3 Å². The number of aromatic nitrogens is 1. The summed E-state index contributed by atoms with van der Waals surface area (Å²) in [6.07, 6.45) is 1.00. The number of hydrogen-bond donors (Lipinski definition) is 1. The number of aryl methyl sites for hydroxylation is 1. The number of anilines is 1. The number of carbonyl (C=O) groups is 1. The number of nitrogens with zero attached hydrogens (tertiary/aromatic N) is 3. The molecule has 4 rings (SSSR count). The molecular weight excluding hydrogens is 424 g/mol. The van der Waals surface area contributed by atoms with E-state index in [1.807, 2.05) is 0 Å². The lowest BCUT2D eigenvalue weighted by Crippen LogP contribution is -2.48. The Labute approximate surface area is 192 Å². The first-order valence-corrected chi connectivity index (χ1v) is 11.8. The first-order chi connectivity index (χ1) is 15.6. The number of ether oxygens (including phenoxy) is 2. The van der Waals surface area contributed by atoms with Crippen LogP contribution in [0.1, 0.15) is 22.8 Å². The first kappa shape index (κ1) is 22.4. The second kappa shape index (κ2) is 10.2. The maximum Gasteiger partial charge on any atom is 0.251 e. The van der Waals surface area contributed by atoms with Gasteiger partial charge < -0.3 is 19.7 Å². The SMILES string of the molecule is CCc1cccc2sc(N3CCN(CCNC(=O)c4ccc(OC)c(OC)c4)CC3)nc12. The summed E-state index contributed by atoms with van der Waals surface area (Å²) in [6, 6.07) is 11.6. The third-order valence-electron chi connectivity index (χ3n) is 5.87. The van der Waals surface area contributed by atoms with Crippen molar-refractivity contribution in [2.45, 2.75) is 13.3 Å². The smallest absolute Gasteiger partial charge is 0.251 e. The third kappa shape index (κ3) is 4.81. The highest BCUT2D eigenvalue weighted by Crippen LogP contribution is 2.31. The fraction of sp³-hybridized carbons (Fsp3) is 0.417. The van der Waals surface area contributed by atoms with Gasteiger partial charge in [-0.3, -0.25) is 9.69 Å². The molecule has 1 N–H and O–H groups in total.